The molecule has 0 unspecified atom stereocenters. The molecule has 0 aliphatic carbocycles. The number of rotatable bonds is 5. The standard InChI is InChI=1S/C18H30N4.HI/c1-18(2)10-12-22(15-18)17(19-3)20-11-13-21(4)14-16-8-6-5-7-9-16;/h5-9H,10-15H2,1-4H3,(H,19,20);1H. The molecule has 0 atom stereocenters. The number of guanidine groups is 1. The highest BCUT2D eigenvalue weighted by atomic mass is 127. The molecule has 1 fully saturated rings. The lowest BCUT2D eigenvalue weighted by molar-refractivity contribution is 0.326. The monoisotopic (exact) mass is 430 g/mol. The maximum absolute atomic E-state index is 4.43. The van der Waals surface area contributed by atoms with Gasteiger partial charge in [0.15, 0.2) is 5.96 Å². The highest BCUT2D eigenvalue weighted by molar-refractivity contribution is 14.0. The molecule has 2 rings (SSSR count). The van der Waals surface area contributed by atoms with Crippen LogP contribution < -0.4 is 5.32 Å². The predicted octanol–water partition coefficient (Wildman–Crippen LogP) is 3.04. The summed E-state index contributed by atoms with van der Waals surface area (Å²) in [7, 11) is 4.04. The van der Waals surface area contributed by atoms with Gasteiger partial charge in [-0.05, 0) is 24.4 Å². The Morgan fingerprint density at radius 3 is 2.57 bits per heavy atom. The third-order valence-electron chi connectivity index (χ3n) is 4.26. The summed E-state index contributed by atoms with van der Waals surface area (Å²) in [6.45, 7) is 9.76. The summed E-state index contributed by atoms with van der Waals surface area (Å²) < 4.78 is 0. The fraction of sp³-hybridized carbons (Fsp3) is 0.611. The molecule has 1 heterocycles. The Hall–Kier alpha value is -0.820. The topological polar surface area (TPSA) is 30.9 Å². The molecule has 23 heavy (non-hydrogen) atoms. The van der Waals surface area contributed by atoms with Crippen molar-refractivity contribution in [2.24, 2.45) is 10.4 Å². The largest absolute Gasteiger partial charge is 0.355 e. The zero-order chi connectivity index (χ0) is 16.0. The lowest BCUT2D eigenvalue weighted by Crippen LogP contribution is -2.43. The van der Waals surface area contributed by atoms with E-state index in [1.54, 1.807) is 0 Å². The Morgan fingerprint density at radius 1 is 1.30 bits per heavy atom. The number of halogens is 1. The first-order valence-corrected chi connectivity index (χ1v) is 8.18. The van der Waals surface area contributed by atoms with E-state index >= 15 is 0 Å². The van der Waals surface area contributed by atoms with Gasteiger partial charge < -0.3 is 15.1 Å². The predicted molar refractivity (Wildman–Crippen MR) is 110 cm³/mol. The first kappa shape index (κ1) is 20.2. The van der Waals surface area contributed by atoms with Gasteiger partial charge in [0.2, 0.25) is 0 Å². The fourth-order valence-electron chi connectivity index (χ4n) is 2.96. The quantitative estimate of drug-likeness (QED) is 0.443. The van der Waals surface area contributed by atoms with Crippen LogP contribution in [0.4, 0.5) is 0 Å². The number of hydrogen-bond acceptors (Lipinski definition) is 2. The van der Waals surface area contributed by atoms with Gasteiger partial charge in [-0.1, -0.05) is 44.2 Å². The summed E-state index contributed by atoms with van der Waals surface area (Å²) in [4.78, 5) is 9.14. The number of aliphatic imine (C=N–C) groups is 1. The zero-order valence-electron chi connectivity index (χ0n) is 14.9. The first-order valence-electron chi connectivity index (χ1n) is 8.18. The number of hydrogen-bond donors (Lipinski definition) is 1. The van der Waals surface area contributed by atoms with E-state index in [2.05, 4.69) is 71.3 Å². The van der Waals surface area contributed by atoms with Gasteiger partial charge in [0, 0.05) is 39.8 Å². The molecular formula is C18H31IN4. The van der Waals surface area contributed by atoms with Crippen molar-refractivity contribution in [2.45, 2.75) is 26.8 Å². The van der Waals surface area contributed by atoms with E-state index in [1.165, 1.54) is 12.0 Å². The van der Waals surface area contributed by atoms with Gasteiger partial charge >= 0.3 is 0 Å². The van der Waals surface area contributed by atoms with Crippen LogP contribution in [0, 0.1) is 5.41 Å². The lowest BCUT2D eigenvalue weighted by atomic mass is 9.93. The molecule has 5 heteroatoms. The fourth-order valence-corrected chi connectivity index (χ4v) is 2.96. The molecule has 1 aromatic carbocycles. The summed E-state index contributed by atoms with van der Waals surface area (Å²) in [5, 5.41) is 3.50. The van der Waals surface area contributed by atoms with E-state index in [9.17, 15) is 0 Å². The maximum atomic E-state index is 4.43. The van der Waals surface area contributed by atoms with Crippen molar-refractivity contribution in [1.29, 1.82) is 0 Å². The molecule has 0 radical (unpaired) electrons. The Balaban J connectivity index is 0.00000264. The molecule has 1 aliphatic rings. The van der Waals surface area contributed by atoms with Crippen molar-refractivity contribution in [3.05, 3.63) is 35.9 Å². The van der Waals surface area contributed by atoms with Crippen LogP contribution in [0.2, 0.25) is 0 Å². The zero-order valence-corrected chi connectivity index (χ0v) is 17.2. The van der Waals surface area contributed by atoms with Crippen LogP contribution >= 0.6 is 24.0 Å². The van der Waals surface area contributed by atoms with Crippen LogP contribution in [0.15, 0.2) is 35.3 Å². The number of benzene rings is 1. The molecule has 1 N–H and O–H groups in total. The van der Waals surface area contributed by atoms with Crippen molar-refractivity contribution in [3.63, 3.8) is 0 Å². The smallest absolute Gasteiger partial charge is 0.193 e. The molecule has 0 bridgehead atoms. The normalized spacial score (nSPS) is 17.3. The van der Waals surface area contributed by atoms with Gasteiger partial charge in [-0.15, -0.1) is 24.0 Å². The van der Waals surface area contributed by atoms with Gasteiger partial charge in [-0.2, -0.15) is 0 Å². The van der Waals surface area contributed by atoms with E-state index in [0.29, 0.717) is 5.41 Å². The van der Waals surface area contributed by atoms with Crippen molar-refractivity contribution in [1.82, 2.24) is 15.1 Å². The summed E-state index contributed by atoms with van der Waals surface area (Å²) in [6, 6.07) is 10.6. The van der Waals surface area contributed by atoms with Gasteiger partial charge in [0.25, 0.3) is 0 Å². The summed E-state index contributed by atoms with van der Waals surface area (Å²) in [6.07, 6.45) is 1.24. The molecule has 1 aliphatic heterocycles. The molecule has 0 aromatic heterocycles. The SMILES string of the molecule is CN=C(NCCN(C)Cc1ccccc1)N1CCC(C)(C)C1.I. The molecule has 1 aromatic rings. The highest BCUT2D eigenvalue weighted by Gasteiger charge is 2.30. The third kappa shape index (κ3) is 6.67. The van der Waals surface area contributed by atoms with Gasteiger partial charge in [0.05, 0.1) is 0 Å². The van der Waals surface area contributed by atoms with Crippen LogP contribution in [0.25, 0.3) is 0 Å². The minimum atomic E-state index is 0. The average molecular weight is 430 g/mol. The van der Waals surface area contributed by atoms with E-state index in [1.807, 2.05) is 7.05 Å². The van der Waals surface area contributed by atoms with E-state index in [-0.39, 0.29) is 24.0 Å². The Kier molecular flexibility index (Phi) is 8.33. The first-order chi connectivity index (χ1) is 10.5. The second kappa shape index (κ2) is 9.47. The average Bonchev–Trinajstić information content (AvgIpc) is 2.84. The second-order valence-electron chi connectivity index (χ2n) is 7.03. The lowest BCUT2D eigenvalue weighted by Gasteiger charge is -2.25. The Labute approximate surface area is 158 Å². The van der Waals surface area contributed by atoms with Crippen molar-refractivity contribution in [3.8, 4) is 0 Å². The molecule has 0 spiro atoms. The van der Waals surface area contributed by atoms with Crippen LogP contribution in [0.3, 0.4) is 0 Å². The summed E-state index contributed by atoms with van der Waals surface area (Å²) in [5.41, 5.74) is 1.76. The molecule has 130 valence electrons. The number of likely N-dealkylation sites (N-methyl/N-ethyl adjacent to an activating group) is 1. The number of nitrogens with zero attached hydrogens (tertiary/aromatic N) is 3. The highest BCUT2D eigenvalue weighted by Crippen LogP contribution is 2.28. The van der Waals surface area contributed by atoms with Gasteiger partial charge in [-0.3, -0.25) is 4.99 Å². The Morgan fingerprint density at radius 2 is 2.00 bits per heavy atom. The Bertz CT molecular complexity index is 487. The minimum absolute atomic E-state index is 0. The van der Waals surface area contributed by atoms with E-state index in [0.717, 1.165) is 38.7 Å². The van der Waals surface area contributed by atoms with Crippen LogP contribution in [0.5, 0.6) is 0 Å². The molecule has 0 saturated carbocycles. The van der Waals surface area contributed by atoms with Crippen molar-refractivity contribution < 1.29 is 0 Å². The minimum Gasteiger partial charge on any atom is -0.355 e. The molecule has 1 saturated heterocycles. The van der Waals surface area contributed by atoms with Crippen LogP contribution in [-0.4, -0.2) is 56.0 Å². The molecule has 0 amide bonds. The van der Waals surface area contributed by atoms with Gasteiger partial charge in [-0.25, -0.2) is 0 Å². The van der Waals surface area contributed by atoms with E-state index in [4.69, 9.17) is 0 Å². The molecule has 4 nitrogen and oxygen atoms in total. The van der Waals surface area contributed by atoms with Crippen molar-refractivity contribution >= 4 is 29.9 Å². The summed E-state index contributed by atoms with van der Waals surface area (Å²) in [5.74, 6) is 1.04. The van der Waals surface area contributed by atoms with E-state index < -0.39 is 0 Å². The van der Waals surface area contributed by atoms with Crippen LogP contribution in [-0.2, 0) is 6.54 Å². The van der Waals surface area contributed by atoms with Crippen LogP contribution in [0.1, 0.15) is 25.8 Å². The second-order valence-corrected chi connectivity index (χ2v) is 7.03. The maximum Gasteiger partial charge on any atom is 0.193 e. The van der Waals surface area contributed by atoms with Gasteiger partial charge in [0.1, 0.15) is 0 Å². The third-order valence-corrected chi connectivity index (χ3v) is 4.26. The number of likely N-dealkylation sites (tertiary alicyclic amines) is 1. The van der Waals surface area contributed by atoms with Crippen molar-refractivity contribution in [2.75, 3.05) is 40.3 Å². The molecular weight excluding hydrogens is 399 g/mol. The summed E-state index contributed by atoms with van der Waals surface area (Å²) >= 11 is 0. The number of nitrogens with one attached hydrogen (secondary N) is 1.